The zero-order valence-electron chi connectivity index (χ0n) is 12.9. The summed E-state index contributed by atoms with van der Waals surface area (Å²) < 4.78 is 2.88. The van der Waals surface area contributed by atoms with Crippen molar-refractivity contribution in [2.45, 2.75) is 6.54 Å². The Labute approximate surface area is 145 Å². The Hall–Kier alpha value is -2.67. The van der Waals surface area contributed by atoms with Crippen molar-refractivity contribution < 1.29 is 0 Å². The van der Waals surface area contributed by atoms with Gasteiger partial charge in [-0.15, -0.1) is 0 Å². The lowest BCUT2D eigenvalue weighted by Crippen LogP contribution is -2.09. The van der Waals surface area contributed by atoms with E-state index in [0.717, 1.165) is 26.8 Å². The summed E-state index contributed by atoms with van der Waals surface area (Å²) in [6.45, 7) is 0.601. The lowest BCUT2D eigenvalue weighted by Gasteiger charge is -2.12. The number of hydrogen-bond donors (Lipinski definition) is 2. The number of pyridine rings is 2. The predicted octanol–water partition coefficient (Wildman–Crippen LogP) is 3.18. The van der Waals surface area contributed by atoms with Gasteiger partial charge in [-0.3, -0.25) is 4.79 Å². The highest BCUT2D eigenvalue weighted by molar-refractivity contribution is 9.10. The molecule has 3 aromatic heterocycles. The van der Waals surface area contributed by atoms with E-state index in [1.165, 1.54) is 0 Å². The Bertz CT molecular complexity index is 1120. The van der Waals surface area contributed by atoms with E-state index in [0.29, 0.717) is 17.4 Å². The number of aromatic amines is 1. The van der Waals surface area contributed by atoms with Crippen LogP contribution in [-0.4, -0.2) is 19.5 Å². The largest absolute Gasteiger partial charge is 0.364 e. The summed E-state index contributed by atoms with van der Waals surface area (Å²) in [6.07, 6.45) is 5.20. The monoisotopic (exact) mass is 383 g/mol. The minimum atomic E-state index is -0.138. The molecule has 4 aromatic rings. The Morgan fingerprint density at radius 2 is 2.17 bits per heavy atom. The lowest BCUT2D eigenvalue weighted by molar-refractivity contribution is 0.836. The highest BCUT2D eigenvalue weighted by Gasteiger charge is 2.11. The van der Waals surface area contributed by atoms with Crippen molar-refractivity contribution in [1.29, 1.82) is 0 Å². The van der Waals surface area contributed by atoms with E-state index in [4.69, 9.17) is 0 Å². The zero-order chi connectivity index (χ0) is 16.7. The second-order valence-electron chi connectivity index (χ2n) is 5.57. The van der Waals surface area contributed by atoms with Crippen LogP contribution < -0.4 is 10.9 Å². The second kappa shape index (κ2) is 5.76. The fourth-order valence-electron chi connectivity index (χ4n) is 2.80. The Morgan fingerprint density at radius 1 is 1.29 bits per heavy atom. The molecule has 0 unspecified atom stereocenters. The van der Waals surface area contributed by atoms with Gasteiger partial charge >= 0.3 is 0 Å². The molecule has 6 nitrogen and oxygen atoms in total. The van der Waals surface area contributed by atoms with Gasteiger partial charge in [0.1, 0.15) is 5.82 Å². The first kappa shape index (κ1) is 14.9. The maximum atomic E-state index is 12.3. The van der Waals surface area contributed by atoms with Crippen LogP contribution >= 0.6 is 15.9 Å². The summed E-state index contributed by atoms with van der Waals surface area (Å²) in [5, 5.41) is 5.73. The van der Waals surface area contributed by atoms with E-state index in [9.17, 15) is 4.79 Å². The fraction of sp³-hybridized carbons (Fsp3) is 0.118. The number of aromatic nitrogens is 4. The van der Waals surface area contributed by atoms with E-state index in [2.05, 4.69) is 36.2 Å². The van der Waals surface area contributed by atoms with Crippen molar-refractivity contribution in [3.05, 3.63) is 63.5 Å². The molecule has 0 aliphatic carbocycles. The molecule has 0 radical (unpaired) electrons. The summed E-state index contributed by atoms with van der Waals surface area (Å²) in [5.41, 5.74) is 1.58. The van der Waals surface area contributed by atoms with Crippen molar-refractivity contribution >= 4 is 43.4 Å². The molecule has 4 rings (SSSR count). The van der Waals surface area contributed by atoms with Crippen LogP contribution in [-0.2, 0) is 13.6 Å². The third kappa shape index (κ3) is 2.46. The normalized spacial score (nSPS) is 11.2. The molecule has 0 saturated carbocycles. The molecule has 0 spiro atoms. The molecule has 0 amide bonds. The molecule has 24 heavy (non-hydrogen) atoms. The van der Waals surface area contributed by atoms with Crippen molar-refractivity contribution in [1.82, 2.24) is 19.5 Å². The quantitative estimate of drug-likeness (QED) is 0.532. The molecule has 3 heterocycles. The van der Waals surface area contributed by atoms with Crippen molar-refractivity contribution in [3.8, 4) is 0 Å². The molecule has 0 saturated heterocycles. The van der Waals surface area contributed by atoms with Gasteiger partial charge in [0.25, 0.3) is 5.56 Å². The average molecular weight is 384 g/mol. The summed E-state index contributed by atoms with van der Waals surface area (Å²) in [4.78, 5) is 23.8. The number of halogens is 1. The molecule has 120 valence electrons. The number of rotatable bonds is 3. The lowest BCUT2D eigenvalue weighted by atomic mass is 10.1. The molecule has 0 fully saturated rings. The Balaban J connectivity index is 1.91. The number of benzene rings is 1. The first-order valence-electron chi connectivity index (χ1n) is 7.43. The van der Waals surface area contributed by atoms with Gasteiger partial charge in [0.2, 0.25) is 0 Å². The Morgan fingerprint density at radius 3 is 2.96 bits per heavy atom. The summed E-state index contributed by atoms with van der Waals surface area (Å²) in [6, 6.07) is 7.67. The van der Waals surface area contributed by atoms with E-state index in [-0.39, 0.29) is 5.56 Å². The van der Waals surface area contributed by atoms with E-state index in [1.54, 1.807) is 12.5 Å². The van der Waals surface area contributed by atoms with Crippen molar-refractivity contribution in [3.63, 3.8) is 0 Å². The number of fused-ring (bicyclic) bond motifs is 3. The van der Waals surface area contributed by atoms with Gasteiger partial charge < -0.3 is 14.9 Å². The fourth-order valence-corrected chi connectivity index (χ4v) is 3.16. The zero-order valence-corrected chi connectivity index (χ0v) is 14.5. The maximum Gasteiger partial charge on any atom is 0.258 e. The highest BCUT2D eigenvalue weighted by Crippen LogP contribution is 2.30. The highest BCUT2D eigenvalue weighted by atomic mass is 79.9. The van der Waals surface area contributed by atoms with Gasteiger partial charge in [-0.25, -0.2) is 9.97 Å². The van der Waals surface area contributed by atoms with Gasteiger partial charge in [-0.1, -0.05) is 15.9 Å². The van der Waals surface area contributed by atoms with Gasteiger partial charge in [-0.2, -0.15) is 0 Å². The molecule has 0 atom stereocenters. The predicted molar refractivity (Wildman–Crippen MR) is 98.1 cm³/mol. The number of aryl methyl sites for hydroxylation is 1. The average Bonchev–Trinajstić information content (AvgIpc) is 2.97. The minimum absolute atomic E-state index is 0.138. The summed E-state index contributed by atoms with van der Waals surface area (Å²) in [7, 11) is 1.95. The van der Waals surface area contributed by atoms with E-state index >= 15 is 0 Å². The molecule has 1 aromatic carbocycles. The molecular formula is C17H14BrN5O. The van der Waals surface area contributed by atoms with Gasteiger partial charge in [-0.05, 0) is 24.3 Å². The van der Waals surface area contributed by atoms with Gasteiger partial charge in [0.15, 0.2) is 0 Å². The number of nitrogens with zero attached hydrogens (tertiary/aromatic N) is 3. The molecular weight excluding hydrogens is 370 g/mol. The molecule has 0 aliphatic heterocycles. The van der Waals surface area contributed by atoms with Crippen LogP contribution in [0.5, 0.6) is 0 Å². The number of H-pyrrole nitrogens is 1. The number of anilines is 1. The number of hydrogen-bond acceptors (Lipinski definition) is 4. The molecule has 0 aliphatic rings. The maximum absolute atomic E-state index is 12.3. The van der Waals surface area contributed by atoms with Crippen LogP contribution in [0.3, 0.4) is 0 Å². The smallest absolute Gasteiger partial charge is 0.258 e. The number of imidazole rings is 1. The van der Waals surface area contributed by atoms with Crippen LogP contribution in [0, 0.1) is 0 Å². The van der Waals surface area contributed by atoms with Crippen LogP contribution in [0.1, 0.15) is 5.69 Å². The number of nitrogens with one attached hydrogen (secondary N) is 2. The van der Waals surface area contributed by atoms with Crippen molar-refractivity contribution in [2.24, 2.45) is 7.05 Å². The van der Waals surface area contributed by atoms with Gasteiger partial charge in [0, 0.05) is 34.7 Å². The molecule has 7 heteroatoms. The van der Waals surface area contributed by atoms with Crippen molar-refractivity contribution in [2.75, 3.05) is 5.32 Å². The summed E-state index contributed by atoms with van der Waals surface area (Å²) in [5.74, 6) is 0.747. The SMILES string of the molecule is Cn1cncc1CNc1nc2cc[nH]c(=O)c2c2cc(Br)ccc12. The summed E-state index contributed by atoms with van der Waals surface area (Å²) >= 11 is 3.48. The van der Waals surface area contributed by atoms with Crippen LogP contribution in [0.25, 0.3) is 21.7 Å². The Kier molecular flexibility index (Phi) is 3.57. The first-order chi connectivity index (χ1) is 11.6. The first-order valence-corrected chi connectivity index (χ1v) is 8.22. The standard InChI is InChI=1S/C17H14BrN5O/c1-23-9-19-7-11(23)8-21-16-12-3-2-10(18)6-13(12)15-14(22-16)4-5-20-17(15)24/h2-7,9H,8H2,1H3,(H,20,24)(H,21,22). The molecule has 2 N–H and O–H groups in total. The third-order valence-corrected chi connectivity index (χ3v) is 4.52. The van der Waals surface area contributed by atoms with Crippen LogP contribution in [0.15, 0.2) is 52.3 Å². The van der Waals surface area contributed by atoms with Crippen LogP contribution in [0.2, 0.25) is 0 Å². The van der Waals surface area contributed by atoms with E-state index in [1.807, 2.05) is 42.1 Å². The molecule has 0 bridgehead atoms. The second-order valence-corrected chi connectivity index (χ2v) is 6.48. The van der Waals surface area contributed by atoms with Gasteiger partial charge in [0.05, 0.1) is 29.5 Å². The third-order valence-electron chi connectivity index (χ3n) is 4.03. The minimum Gasteiger partial charge on any atom is -0.364 e. The van der Waals surface area contributed by atoms with Crippen LogP contribution in [0.4, 0.5) is 5.82 Å². The topological polar surface area (TPSA) is 75.6 Å². The van der Waals surface area contributed by atoms with E-state index < -0.39 is 0 Å².